The van der Waals surface area contributed by atoms with Crippen molar-refractivity contribution in [2.24, 2.45) is 0 Å². The van der Waals surface area contributed by atoms with E-state index >= 15 is 0 Å². The van der Waals surface area contributed by atoms with Gasteiger partial charge in [-0.05, 0) is 96.3 Å². The van der Waals surface area contributed by atoms with Crippen molar-refractivity contribution in [3.8, 4) is 0 Å². The molecule has 1 N–H and O–H groups in total. The summed E-state index contributed by atoms with van der Waals surface area (Å²) in [6.07, 6.45) is 92.3. The normalized spacial score (nSPS) is 13.3. The molecular weight excluding hydrogens is 1080 g/mol. The van der Waals surface area contributed by atoms with Gasteiger partial charge in [0.05, 0.1) is 34.4 Å². The Kier molecular flexibility index (Phi) is 64.7. The SMILES string of the molecule is CC/C=C\C/C=C\C/C=C\C/C=C\C/C=C\CCCCCCCC(=O)OC(COC(=O)CCCCCCCCCCCCCCCCCCCCCCCCCCCCCC/C=C\C/C=C\C/C=C\C/C=C\CC)COC(OCC[N+](C)(C)C)C(=O)O. The molecule has 2 unspecified atom stereocenters. The van der Waals surface area contributed by atoms with Gasteiger partial charge in [-0.15, -0.1) is 0 Å². The predicted molar refractivity (Wildman–Crippen MR) is 373 cm³/mol. The van der Waals surface area contributed by atoms with E-state index in [4.69, 9.17) is 18.9 Å². The maximum absolute atomic E-state index is 12.9. The van der Waals surface area contributed by atoms with E-state index in [1.807, 2.05) is 21.1 Å². The summed E-state index contributed by atoms with van der Waals surface area (Å²) in [5.41, 5.74) is 0. The number of carboxylic acids is 1. The Morgan fingerprint density at radius 3 is 0.920 bits per heavy atom. The summed E-state index contributed by atoms with van der Waals surface area (Å²) in [5, 5.41) is 9.74. The van der Waals surface area contributed by atoms with Crippen LogP contribution in [0.3, 0.4) is 0 Å². The third kappa shape index (κ3) is 69.3. The molecule has 0 fully saturated rings. The third-order valence-corrected chi connectivity index (χ3v) is 15.5. The van der Waals surface area contributed by atoms with Gasteiger partial charge in [0.1, 0.15) is 13.2 Å². The van der Waals surface area contributed by atoms with Crippen LogP contribution in [0, 0.1) is 0 Å². The van der Waals surface area contributed by atoms with Crippen LogP contribution in [-0.2, 0) is 33.3 Å². The Balaban J connectivity index is 3.98. The summed E-state index contributed by atoms with van der Waals surface area (Å²) in [6.45, 7) is 4.65. The Labute approximate surface area is 536 Å². The molecule has 0 rings (SSSR count). The first-order valence-electron chi connectivity index (χ1n) is 36.1. The first kappa shape index (κ1) is 83.0. The number of carbonyl (C=O) groups excluding carboxylic acids is 2. The monoisotopic (exact) mass is 1220 g/mol. The molecule has 9 nitrogen and oxygen atoms in total. The summed E-state index contributed by atoms with van der Waals surface area (Å²) >= 11 is 0. The average Bonchev–Trinajstić information content (AvgIpc) is 3.57. The fourth-order valence-corrected chi connectivity index (χ4v) is 10.1. The molecular formula is C78H136NO8+. The number of carboxylic acid groups (broad SMARTS) is 1. The van der Waals surface area contributed by atoms with Crippen LogP contribution in [0.2, 0.25) is 0 Å². The van der Waals surface area contributed by atoms with E-state index < -0.39 is 24.3 Å². The highest BCUT2D eigenvalue weighted by molar-refractivity contribution is 5.71. The molecule has 0 saturated heterocycles. The number of rotatable bonds is 66. The van der Waals surface area contributed by atoms with E-state index in [1.165, 1.54) is 167 Å². The lowest BCUT2D eigenvalue weighted by molar-refractivity contribution is -0.870. The highest BCUT2D eigenvalue weighted by Gasteiger charge is 2.25. The zero-order valence-electron chi connectivity index (χ0n) is 57.2. The second kappa shape index (κ2) is 67.9. The van der Waals surface area contributed by atoms with Gasteiger partial charge in [0.2, 0.25) is 0 Å². The average molecular weight is 1220 g/mol. The predicted octanol–water partition coefficient (Wildman–Crippen LogP) is 22.6. The number of quaternary nitrogens is 1. The lowest BCUT2D eigenvalue weighted by Gasteiger charge is -2.25. The van der Waals surface area contributed by atoms with Crippen LogP contribution in [0.25, 0.3) is 0 Å². The molecule has 0 spiro atoms. The number of allylic oxidation sites excluding steroid dienone is 18. The molecule has 0 aliphatic carbocycles. The molecule has 0 amide bonds. The quantitative estimate of drug-likeness (QED) is 0.0211. The topological polar surface area (TPSA) is 108 Å². The second-order valence-corrected chi connectivity index (χ2v) is 25.1. The molecule has 0 saturated carbocycles. The molecule has 0 heterocycles. The number of esters is 2. The highest BCUT2D eigenvalue weighted by atomic mass is 16.7. The Morgan fingerprint density at radius 2 is 0.621 bits per heavy atom. The number of ether oxygens (including phenoxy) is 4. The maximum Gasteiger partial charge on any atom is 0.361 e. The maximum atomic E-state index is 12.9. The number of aliphatic carboxylic acids is 1. The van der Waals surface area contributed by atoms with E-state index in [1.54, 1.807) is 0 Å². The van der Waals surface area contributed by atoms with Gasteiger partial charge in [-0.25, -0.2) is 4.79 Å². The van der Waals surface area contributed by atoms with Crippen LogP contribution < -0.4 is 0 Å². The minimum atomic E-state index is -1.52. The van der Waals surface area contributed by atoms with Crippen molar-refractivity contribution in [3.05, 3.63) is 109 Å². The van der Waals surface area contributed by atoms with Crippen molar-refractivity contribution in [2.45, 2.75) is 322 Å². The largest absolute Gasteiger partial charge is 0.477 e. The number of nitrogens with zero attached hydrogens (tertiary/aromatic N) is 1. The van der Waals surface area contributed by atoms with Gasteiger partial charge < -0.3 is 28.5 Å². The Morgan fingerprint density at radius 1 is 0.345 bits per heavy atom. The van der Waals surface area contributed by atoms with Crippen LogP contribution in [0.4, 0.5) is 0 Å². The molecule has 500 valence electrons. The Bertz CT molecular complexity index is 1800. The van der Waals surface area contributed by atoms with Crippen LogP contribution >= 0.6 is 0 Å². The molecule has 87 heavy (non-hydrogen) atoms. The number of unbranched alkanes of at least 4 members (excludes halogenated alkanes) is 33. The molecule has 0 aromatic carbocycles. The summed E-state index contributed by atoms with van der Waals surface area (Å²) in [5.74, 6) is -2.02. The highest BCUT2D eigenvalue weighted by Crippen LogP contribution is 2.18. The van der Waals surface area contributed by atoms with Crippen molar-refractivity contribution in [1.82, 2.24) is 0 Å². The molecule has 2 atom stereocenters. The standard InChI is InChI=1S/C78H135NO8/c1-6-8-10-12-14-16-18-20-22-24-26-28-29-30-31-32-33-34-35-36-37-38-39-40-41-42-43-44-45-46-47-49-50-52-54-56-58-60-62-64-66-68-75(80)85-72-74(73-86-78(77(82)83)84-71-70-79(3,4)5)87-76(81)69-67-65-63-61-59-57-55-53-51-48-27-25-23-21-19-17-15-13-11-9-7-2/h8-11,14-17,20-23,26-28,48,53,55,74,78H,6-7,12-13,18-19,24-25,29-47,49-52,54,56-73H2,1-5H3/p+1/b10-8-,11-9-,16-14-,17-15-,22-20-,23-21-,28-26-,48-27-,55-53-. The van der Waals surface area contributed by atoms with Crippen molar-refractivity contribution >= 4 is 17.9 Å². The zero-order chi connectivity index (χ0) is 63.3. The van der Waals surface area contributed by atoms with Gasteiger partial charge in [0.25, 0.3) is 6.29 Å². The fourth-order valence-electron chi connectivity index (χ4n) is 10.1. The lowest BCUT2D eigenvalue weighted by Crippen LogP contribution is -2.40. The van der Waals surface area contributed by atoms with Crippen LogP contribution in [-0.4, -0.2) is 87.4 Å². The Hall–Kier alpha value is -4.05. The van der Waals surface area contributed by atoms with E-state index in [-0.39, 0.29) is 32.2 Å². The number of carbonyl (C=O) groups is 3. The third-order valence-electron chi connectivity index (χ3n) is 15.5. The molecule has 0 aromatic rings. The zero-order valence-corrected chi connectivity index (χ0v) is 57.2. The van der Waals surface area contributed by atoms with Gasteiger partial charge in [-0.2, -0.15) is 0 Å². The number of likely N-dealkylation sites (N-methyl/N-ethyl adjacent to an activating group) is 1. The molecule has 0 aromatic heterocycles. The van der Waals surface area contributed by atoms with Gasteiger partial charge >= 0.3 is 17.9 Å². The van der Waals surface area contributed by atoms with Gasteiger partial charge in [0, 0.05) is 12.8 Å². The molecule has 0 aliphatic heterocycles. The van der Waals surface area contributed by atoms with Crippen molar-refractivity contribution < 1.29 is 42.9 Å². The van der Waals surface area contributed by atoms with Gasteiger partial charge in [-0.1, -0.05) is 309 Å². The summed E-state index contributed by atoms with van der Waals surface area (Å²) in [6, 6.07) is 0. The number of hydrogen-bond acceptors (Lipinski definition) is 7. The van der Waals surface area contributed by atoms with Gasteiger partial charge in [0.15, 0.2) is 6.10 Å². The van der Waals surface area contributed by atoms with Crippen LogP contribution in [0.1, 0.15) is 309 Å². The lowest BCUT2D eigenvalue weighted by atomic mass is 10.0. The first-order valence-corrected chi connectivity index (χ1v) is 36.1. The minimum Gasteiger partial charge on any atom is -0.477 e. The van der Waals surface area contributed by atoms with Crippen molar-refractivity contribution in [2.75, 3.05) is 47.5 Å². The van der Waals surface area contributed by atoms with Gasteiger partial charge in [-0.3, -0.25) is 9.59 Å². The molecule has 0 aliphatic rings. The molecule has 0 bridgehead atoms. The van der Waals surface area contributed by atoms with E-state index in [2.05, 4.69) is 123 Å². The van der Waals surface area contributed by atoms with Crippen molar-refractivity contribution in [1.29, 1.82) is 0 Å². The van der Waals surface area contributed by atoms with E-state index in [9.17, 15) is 19.5 Å². The summed E-state index contributed by atoms with van der Waals surface area (Å²) in [4.78, 5) is 37.6. The fraction of sp³-hybridized carbons (Fsp3) is 0.731. The smallest absolute Gasteiger partial charge is 0.361 e. The molecule has 0 radical (unpaired) electrons. The van der Waals surface area contributed by atoms with Crippen LogP contribution in [0.5, 0.6) is 0 Å². The van der Waals surface area contributed by atoms with E-state index in [0.29, 0.717) is 23.9 Å². The summed E-state index contributed by atoms with van der Waals surface area (Å²) < 4.78 is 22.9. The summed E-state index contributed by atoms with van der Waals surface area (Å²) in [7, 11) is 5.97. The second-order valence-electron chi connectivity index (χ2n) is 25.1. The van der Waals surface area contributed by atoms with Crippen LogP contribution in [0.15, 0.2) is 109 Å². The first-order chi connectivity index (χ1) is 42.6. The van der Waals surface area contributed by atoms with Crippen molar-refractivity contribution in [3.63, 3.8) is 0 Å². The number of hydrogen-bond donors (Lipinski definition) is 1. The minimum absolute atomic E-state index is 0.181. The van der Waals surface area contributed by atoms with E-state index in [0.717, 1.165) is 109 Å². The molecule has 9 heteroatoms.